The van der Waals surface area contributed by atoms with Gasteiger partial charge in [-0.1, -0.05) is 12.1 Å². The number of carbonyl (C=O) groups is 1. The Balaban J connectivity index is 1.96. The van der Waals surface area contributed by atoms with Crippen LogP contribution in [0.15, 0.2) is 35.7 Å². The van der Waals surface area contributed by atoms with Gasteiger partial charge in [0.15, 0.2) is 0 Å². The van der Waals surface area contributed by atoms with Gasteiger partial charge in [-0.05, 0) is 29.1 Å². The number of imidazole rings is 1. The Morgan fingerprint density at radius 1 is 1.40 bits per heavy atom. The zero-order valence-corrected chi connectivity index (χ0v) is 11.0. The van der Waals surface area contributed by atoms with Crippen molar-refractivity contribution in [1.82, 2.24) is 9.97 Å². The summed E-state index contributed by atoms with van der Waals surface area (Å²) >= 11 is 1.48. The molecule has 0 bridgehead atoms. The first-order valence-electron chi connectivity index (χ1n) is 5.84. The Morgan fingerprint density at radius 2 is 2.25 bits per heavy atom. The number of thiophene rings is 1. The first-order chi connectivity index (χ1) is 9.63. The van der Waals surface area contributed by atoms with E-state index in [0.29, 0.717) is 11.0 Å². The van der Waals surface area contributed by atoms with Gasteiger partial charge in [-0.2, -0.15) is 0 Å². The lowest BCUT2D eigenvalue weighted by atomic mass is 10.1. The quantitative estimate of drug-likeness (QED) is 0.596. The van der Waals surface area contributed by atoms with Gasteiger partial charge in [0.05, 0.1) is 11.0 Å². The maximum absolute atomic E-state index is 10.6. The van der Waals surface area contributed by atoms with E-state index in [9.17, 15) is 9.90 Å². The van der Waals surface area contributed by atoms with Gasteiger partial charge in [0.2, 0.25) is 5.95 Å². The fraction of sp³-hybridized carbons (Fsp3) is 0.0769. The number of hydrogen-bond donors (Lipinski definition) is 4. The van der Waals surface area contributed by atoms with Crippen molar-refractivity contribution in [3.63, 3.8) is 0 Å². The normalized spacial score (nSPS) is 12.4. The molecule has 0 aliphatic heterocycles. The van der Waals surface area contributed by atoms with Crippen molar-refractivity contribution in [3.05, 3.63) is 46.2 Å². The Morgan fingerprint density at radius 3 is 2.95 bits per heavy atom. The van der Waals surface area contributed by atoms with Crippen molar-refractivity contribution < 1.29 is 15.0 Å². The number of anilines is 1. The standard InChI is InChI=1S/C13H11N3O3S/c17-11(10-2-1-5-20-10)7-3-4-8-9(6-7)15-12(14-8)16-13(18)19/h1-6,11,17H,(H,18,19)(H2,14,15,16). The Labute approximate surface area is 117 Å². The van der Waals surface area contributed by atoms with Crippen molar-refractivity contribution in [1.29, 1.82) is 0 Å². The van der Waals surface area contributed by atoms with E-state index in [1.54, 1.807) is 18.2 Å². The molecule has 3 rings (SSSR count). The zero-order chi connectivity index (χ0) is 14.1. The molecule has 1 atom stereocenters. The van der Waals surface area contributed by atoms with E-state index in [1.807, 2.05) is 17.5 Å². The average Bonchev–Trinajstić information content (AvgIpc) is 3.04. The second-order valence-corrected chi connectivity index (χ2v) is 5.19. The van der Waals surface area contributed by atoms with Crippen LogP contribution in [0.4, 0.5) is 10.7 Å². The Hall–Kier alpha value is -2.38. The van der Waals surface area contributed by atoms with Gasteiger partial charge in [-0.15, -0.1) is 11.3 Å². The molecule has 1 unspecified atom stereocenters. The van der Waals surface area contributed by atoms with Crippen molar-refractivity contribution in [2.75, 3.05) is 5.32 Å². The number of aromatic nitrogens is 2. The van der Waals surface area contributed by atoms with Crippen LogP contribution in [0, 0.1) is 0 Å². The third kappa shape index (κ3) is 2.36. The summed E-state index contributed by atoms with van der Waals surface area (Å²) in [6.45, 7) is 0. The van der Waals surface area contributed by atoms with E-state index >= 15 is 0 Å². The van der Waals surface area contributed by atoms with Gasteiger partial charge in [-0.3, -0.25) is 5.32 Å². The molecular formula is C13H11N3O3S. The van der Waals surface area contributed by atoms with E-state index in [2.05, 4.69) is 15.3 Å². The average molecular weight is 289 g/mol. The summed E-state index contributed by atoms with van der Waals surface area (Å²) in [7, 11) is 0. The second-order valence-electron chi connectivity index (χ2n) is 4.21. The minimum absolute atomic E-state index is 0.162. The zero-order valence-electron chi connectivity index (χ0n) is 10.2. The fourth-order valence-electron chi connectivity index (χ4n) is 1.97. The van der Waals surface area contributed by atoms with Gasteiger partial charge in [-0.25, -0.2) is 9.78 Å². The molecule has 0 aliphatic rings. The van der Waals surface area contributed by atoms with E-state index in [1.165, 1.54) is 11.3 Å². The predicted octanol–water partition coefficient (Wildman–Crippen LogP) is 2.80. The lowest BCUT2D eigenvalue weighted by Gasteiger charge is -2.08. The van der Waals surface area contributed by atoms with E-state index in [4.69, 9.17) is 5.11 Å². The molecule has 7 heteroatoms. The molecule has 6 nitrogen and oxygen atoms in total. The number of rotatable bonds is 3. The SMILES string of the molecule is O=C(O)Nc1nc2ccc(C(O)c3cccs3)cc2[nH]1. The highest BCUT2D eigenvalue weighted by Crippen LogP contribution is 2.27. The minimum Gasteiger partial charge on any atom is -0.465 e. The molecule has 0 radical (unpaired) electrons. The summed E-state index contributed by atoms with van der Waals surface area (Å²) in [5, 5.41) is 23.0. The van der Waals surface area contributed by atoms with E-state index < -0.39 is 12.2 Å². The summed E-state index contributed by atoms with van der Waals surface area (Å²) in [6.07, 6.45) is -1.87. The molecule has 2 heterocycles. The first-order valence-corrected chi connectivity index (χ1v) is 6.72. The molecule has 0 fully saturated rings. The summed E-state index contributed by atoms with van der Waals surface area (Å²) < 4.78 is 0. The lowest BCUT2D eigenvalue weighted by molar-refractivity contribution is 0.209. The predicted molar refractivity (Wildman–Crippen MR) is 76.1 cm³/mol. The molecule has 1 aromatic carbocycles. The number of benzene rings is 1. The minimum atomic E-state index is -1.18. The molecule has 2 aromatic heterocycles. The largest absolute Gasteiger partial charge is 0.465 e. The number of fused-ring (bicyclic) bond motifs is 1. The summed E-state index contributed by atoms with van der Waals surface area (Å²) in [5.74, 6) is 0.162. The maximum Gasteiger partial charge on any atom is 0.411 e. The molecule has 20 heavy (non-hydrogen) atoms. The number of aromatic amines is 1. The smallest absolute Gasteiger partial charge is 0.411 e. The van der Waals surface area contributed by atoms with E-state index in [0.717, 1.165) is 10.4 Å². The van der Waals surface area contributed by atoms with Crippen LogP contribution in [0.1, 0.15) is 16.5 Å². The number of amides is 1. The molecule has 1 amide bonds. The highest BCUT2D eigenvalue weighted by molar-refractivity contribution is 7.10. The maximum atomic E-state index is 10.6. The molecule has 0 spiro atoms. The molecule has 4 N–H and O–H groups in total. The number of aliphatic hydroxyl groups excluding tert-OH is 1. The molecule has 102 valence electrons. The van der Waals surface area contributed by atoms with Gasteiger partial charge >= 0.3 is 6.09 Å². The van der Waals surface area contributed by atoms with Crippen LogP contribution < -0.4 is 5.32 Å². The number of nitrogens with zero attached hydrogens (tertiary/aromatic N) is 1. The van der Waals surface area contributed by atoms with Gasteiger partial charge in [0, 0.05) is 4.88 Å². The van der Waals surface area contributed by atoms with Gasteiger partial charge in [0.1, 0.15) is 6.10 Å². The Kier molecular flexibility index (Phi) is 3.13. The second kappa shape index (κ2) is 4.95. The summed E-state index contributed by atoms with van der Waals surface area (Å²) in [5.41, 5.74) is 2.03. The van der Waals surface area contributed by atoms with Crippen LogP contribution >= 0.6 is 11.3 Å². The van der Waals surface area contributed by atoms with Crippen molar-refractivity contribution in [2.45, 2.75) is 6.10 Å². The van der Waals surface area contributed by atoms with Crippen LogP contribution in [0.5, 0.6) is 0 Å². The number of H-pyrrole nitrogens is 1. The van der Waals surface area contributed by atoms with Crippen molar-refractivity contribution in [3.8, 4) is 0 Å². The summed E-state index contributed by atoms with van der Waals surface area (Å²) in [4.78, 5) is 18.4. The van der Waals surface area contributed by atoms with E-state index in [-0.39, 0.29) is 5.95 Å². The number of nitrogens with one attached hydrogen (secondary N) is 2. The van der Waals surface area contributed by atoms with Crippen molar-refractivity contribution in [2.24, 2.45) is 0 Å². The van der Waals surface area contributed by atoms with Crippen molar-refractivity contribution >= 4 is 34.4 Å². The Bertz CT molecular complexity index is 751. The molecular weight excluding hydrogens is 278 g/mol. The number of hydrogen-bond acceptors (Lipinski definition) is 4. The molecule has 3 aromatic rings. The van der Waals surface area contributed by atoms with Crippen LogP contribution in [0.3, 0.4) is 0 Å². The molecule has 0 saturated heterocycles. The fourth-order valence-corrected chi connectivity index (χ4v) is 2.71. The molecule has 0 saturated carbocycles. The van der Waals surface area contributed by atoms with Gasteiger partial charge in [0.25, 0.3) is 0 Å². The van der Waals surface area contributed by atoms with Gasteiger partial charge < -0.3 is 15.2 Å². The van der Waals surface area contributed by atoms with Crippen LogP contribution in [-0.4, -0.2) is 26.3 Å². The third-order valence-corrected chi connectivity index (χ3v) is 3.78. The highest BCUT2D eigenvalue weighted by atomic mass is 32.1. The van der Waals surface area contributed by atoms with Crippen LogP contribution in [-0.2, 0) is 0 Å². The lowest BCUT2D eigenvalue weighted by Crippen LogP contribution is -2.08. The summed E-state index contributed by atoms with van der Waals surface area (Å²) in [6, 6.07) is 9.03. The number of carboxylic acid groups (broad SMARTS) is 1. The number of aliphatic hydroxyl groups is 1. The van der Waals surface area contributed by atoms with Crippen LogP contribution in [0.25, 0.3) is 11.0 Å². The monoisotopic (exact) mass is 289 g/mol. The first kappa shape index (κ1) is 12.6. The third-order valence-electron chi connectivity index (χ3n) is 2.86. The topological polar surface area (TPSA) is 98.2 Å². The highest BCUT2D eigenvalue weighted by Gasteiger charge is 2.13. The molecule has 0 aliphatic carbocycles. The van der Waals surface area contributed by atoms with Crippen LogP contribution in [0.2, 0.25) is 0 Å².